The molecule has 1 saturated carbocycles. The highest BCUT2D eigenvalue weighted by Crippen LogP contribution is 2.35. The zero-order valence-electron chi connectivity index (χ0n) is 7.27. The van der Waals surface area contributed by atoms with E-state index in [1.807, 2.05) is 0 Å². The lowest BCUT2D eigenvalue weighted by molar-refractivity contribution is 0.272. The van der Waals surface area contributed by atoms with Gasteiger partial charge in [0.25, 0.3) is 0 Å². The molecule has 1 heterocycles. The number of hydrogen-bond donors (Lipinski definition) is 1. The summed E-state index contributed by atoms with van der Waals surface area (Å²) in [6.45, 7) is 3.64. The van der Waals surface area contributed by atoms with Crippen LogP contribution in [0.3, 0.4) is 0 Å². The minimum absolute atomic E-state index is 0. The third-order valence-corrected chi connectivity index (χ3v) is 3.31. The van der Waals surface area contributed by atoms with Crippen molar-refractivity contribution >= 4 is 0 Å². The molecule has 0 amide bonds. The van der Waals surface area contributed by atoms with Crippen LogP contribution in [0.15, 0.2) is 0 Å². The quantitative estimate of drug-likeness (QED) is 0.559. The monoisotopic (exact) mass is 157 g/mol. The molecule has 1 aliphatic heterocycles. The van der Waals surface area contributed by atoms with Gasteiger partial charge in [-0.3, -0.25) is 0 Å². The van der Waals surface area contributed by atoms with Gasteiger partial charge in [0.05, 0.1) is 0 Å². The van der Waals surface area contributed by atoms with E-state index in [0.717, 1.165) is 17.9 Å². The second-order valence-corrected chi connectivity index (χ2v) is 3.91. The number of rotatable bonds is 0. The molecule has 0 bridgehead atoms. The highest BCUT2D eigenvalue weighted by molar-refractivity contribution is 4.89. The maximum atomic E-state index is 3.56. The Kier molecular flexibility index (Phi) is 2.90. The first-order valence-electron chi connectivity index (χ1n) is 4.61. The Morgan fingerprint density at radius 1 is 1.18 bits per heavy atom. The molecule has 2 heteroatoms. The van der Waals surface area contributed by atoms with Crippen LogP contribution < -0.4 is 5.32 Å². The molecular weight excluding hydrogens is 138 g/mol. The van der Waals surface area contributed by atoms with Crippen LogP contribution in [0.1, 0.15) is 32.6 Å². The average molecular weight is 157 g/mol. The Labute approximate surface area is 68.7 Å². The number of nitrogens with one attached hydrogen (secondary N) is 1. The van der Waals surface area contributed by atoms with Gasteiger partial charge in [0, 0.05) is 6.04 Å². The first kappa shape index (κ1) is 9.01. The topological polar surface area (TPSA) is 43.5 Å². The third-order valence-electron chi connectivity index (χ3n) is 3.31. The summed E-state index contributed by atoms with van der Waals surface area (Å²) in [5, 5.41) is 3.56. The SMILES string of the molecule is CC1NCC2CCCCC21.O. The van der Waals surface area contributed by atoms with E-state index in [2.05, 4.69) is 12.2 Å². The summed E-state index contributed by atoms with van der Waals surface area (Å²) in [4.78, 5) is 0. The van der Waals surface area contributed by atoms with Crippen molar-refractivity contribution in [2.24, 2.45) is 11.8 Å². The fourth-order valence-electron chi connectivity index (χ4n) is 2.64. The molecular formula is C9H19NO. The lowest BCUT2D eigenvalue weighted by atomic mass is 9.79. The Balaban J connectivity index is 0.000000605. The fourth-order valence-corrected chi connectivity index (χ4v) is 2.64. The smallest absolute Gasteiger partial charge is 0.00702 e. The molecule has 2 aliphatic rings. The van der Waals surface area contributed by atoms with Crippen molar-refractivity contribution in [1.29, 1.82) is 0 Å². The van der Waals surface area contributed by atoms with Crippen molar-refractivity contribution in [2.45, 2.75) is 38.6 Å². The van der Waals surface area contributed by atoms with E-state index in [9.17, 15) is 0 Å². The van der Waals surface area contributed by atoms with Crippen LogP contribution in [0.25, 0.3) is 0 Å². The molecule has 2 fully saturated rings. The predicted octanol–water partition coefficient (Wildman–Crippen LogP) is 0.960. The zero-order chi connectivity index (χ0) is 6.97. The van der Waals surface area contributed by atoms with E-state index in [1.54, 1.807) is 0 Å². The van der Waals surface area contributed by atoms with Crippen LogP contribution in [0.4, 0.5) is 0 Å². The molecule has 0 aromatic heterocycles. The molecule has 3 unspecified atom stereocenters. The average Bonchev–Trinajstić information content (AvgIpc) is 2.34. The zero-order valence-corrected chi connectivity index (χ0v) is 7.27. The van der Waals surface area contributed by atoms with Crippen molar-refractivity contribution in [3.8, 4) is 0 Å². The van der Waals surface area contributed by atoms with Crippen LogP contribution in [0.2, 0.25) is 0 Å². The number of fused-ring (bicyclic) bond motifs is 1. The van der Waals surface area contributed by atoms with Gasteiger partial charge < -0.3 is 10.8 Å². The third kappa shape index (κ3) is 1.57. The van der Waals surface area contributed by atoms with Crippen molar-refractivity contribution in [3.05, 3.63) is 0 Å². The van der Waals surface area contributed by atoms with Crippen LogP contribution in [-0.2, 0) is 0 Å². The molecule has 2 nitrogen and oxygen atoms in total. The van der Waals surface area contributed by atoms with Crippen molar-refractivity contribution < 1.29 is 5.48 Å². The molecule has 1 saturated heterocycles. The number of hydrogen-bond acceptors (Lipinski definition) is 1. The normalized spacial score (nSPS) is 42.8. The molecule has 3 N–H and O–H groups in total. The van der Waals surface area contributed by atoms with Crippen molar-refractivity contribution in [2.75, 3.05) is 6.54 Å². The lowest BCUT2D eigenvalue weighted by Crippen LogP contribution is -2.24. The first-order chi connectivity index (χ1) is 4.88. The summed E-state index contributed by atoms with van der Waals surface area (Å²) >= 11 is 0. The lowest BCUT2D eigenvalue weighted by Gasteiger charge is -2.26. The van der Waals surface area contributed by atoms with Crippen LogP contribution in [0.5, 0.6) is 0 Å². The van der Waals surface area contributed by atoms with E-state index >= 15 is 0 Å². The van der Waals surface area contributed by atoms with Crippen molar-refractivity contribution in [3.63, 3.8) is 0 Å². The van der Waals surface area contributed by atoms with E-state index in [0.29, 0.717) is 0 Å². The van der Waals surface area contributed by atoms with Gasteiger partial charge in [-0.25, -0.2) is 0 Å². The summed E-state index contributed by atoms with van der Waals surface area (Å²) in [5.74, 6) is 2.05. The van der Waals surface area contributed by atoms with Gasteiger partial charge in [-0.15, -0.1) is 0 Å². The first-order valence-corrected chi connectivity index (χ1v) is 4.61. The van der Waals surface area contributed by atoms with Gasteiger partial charge in [-0.2, -0.15) is 0 Å². The summed E-state index contributed by atoms with van der Waals surface area (Å²) in [6.07, 6.45) is 5.93. The van der Waals surface area contributed by atoms with E-state index < -0.39 is 0 Å². The maximum absolute atomic E-state index is 3.56. The van der Waals surface area contributed by atoms with Gasteiger partial charge >= 0.3 is 0 Å². The molecule has 66 valence electrons. The largest absolute Gasteiger partial charge is 0.412 e. The van der Waals surface area contributed by atoms with Crippen molar-refractivity contribution in [1.82, 2.24) is 5.32 Å². The highest BCUT2D eigenvalue weighted by atomic mass is 16.0. The van der Waals surface area contributed by atoms with Gasteiger partial charge in [0.2, 0.25) is 0 Å². The summed E-state index contributed by atoms with van der Waals surface area (Å²) in [6, 6.07) is 0.810. The molecule has 0 aromatic carbocycles. The summed E-state index contributed by atoms with van der Waals surface area (Å²) in [7, 11) is 0. The maximum Gasteiger partial charge on any atom is 0.00702 e. The fraction of sp³-hybridized carbons (Fsp3) is 1.00. The highest BCUT2D eigenvalue weighted by Gasteiger charge is 2.34. The molecule has 0 radical (unpaired) electrons. The Morgan fingerprint density at radius 3 is 2.64 bits per heavy atom. The molecule has 3 atom stereocenters. The molecule has 11 heavy (non-hydrogen) atoms. The van der Waals surface area contributed by atoms with Crippen LogP contribution in [0, 0.1) is 11.8 Å². The second kappa shape index (κ2) is 3.55. The molecule has 0 spiro atoms. The van der Waals surface area contributed by atoms with E-state index in [1.165, 1.54) is 32.2 Å². The summed E-state index contributed by atoms with van der Waals surface area (Å²) < 4.78 is 0. The van der Waals surface area contributed by atoms with Crippen LogP contribution >= 0.6 is 0 Å². The van der Waals surface area contributed by atoms with Gasteiger partial charge in [0.1, 0.15) is 0 Å². The minimum Gasteiger partial charge on any atom is -0.412 e. The van der Waals surface area contributed by atoms with Gasteiger partial charge in [-0.05, 0) is 38.1 Å². The van der Waals surface area contributed by atoms with Gasteiger partial charge in [0.15, 0.2) is 0 Å². The van der Waals surface area contributed by atoms with Gasteiger partial charge in [-0.1, -0.05) is 12.8 Å². The van der Waals surface area contributed by atoms with E-state index in [-0.39, 0.29) is 5.48 Å². The van der Waals surface area contributed by atoms with Crippen LogP contribution in [-0.4, -0.2) is 18.1 Å². The summed E-state index contributed by atoms with van der Waals surface area (Å²) in [5.41, 5.74) is 0. The van der Waals surface area contributed by atoms with E-state index in [4.69, 9.17) is 0 Å². The minimum atomic E-state index is 0. The Bertz CT molecular complexity index is 125. The molecule has 0 aromatic rings. The standard InChI is InChI=1S/C9H17N.H2O/c1-7-9-5-3-2-4-8(9)6-10-7;/h7-10H,2-6H2,1H3;1H2. The molecule has 2 rings (SSSR count). The molecule has 1 aliphatic carbocycles. The Hall–Kier alpha value is -0.0800. The second-order valence-electron chi connectivity index (χ2n) is 3.91. The Morgan fingerprint density at radius 2 is 1.91 bits per heavy atom. The predicted molar refractivity (Wildman–Crippen MR) is 46.5 cm³/mol.